The van der Waals surface area contributed by atoms with Gasteiger partial charge < -0.3 is 9.13 Å². The zero-order chi connectivity index (χ0) is 29.9. The Labute approximate surface area is 253 Å². The van der Waals surface area contributed by atoms with Crippen LogP contribution in [-0.2, 0) is 0 Å². The summed E-state index contributed by atoms with van der Waals surface area (Å²) in [5.74, 6) is 0. The van der Waals surface area contributed by atoms with Gasteiger partial charge in [-0.3, -0.25) is 0 Å². The van der Waals surface area contributed by atoms with Gasteiger partial charge in [0.25, 0.3) is 0 Å². The van der Waals surface area contributed by atoms with E-state index in [0.29, 0.717) is 0 Å². The number of para-hydroxylation sites is 2. The Morgan fingerprint density at radius 1 is 0.628 bits per heavy atom. The molecule has 0 amide bonds. The van der Waals surface area contributed by atoms with Crippen molar-refractivity contribution in [2.75, 3.05) is 0 Å². The quantitative estimate of drug-likeness (QED) is 0.181. The van der Waals surface area contributed by atoms with Crippen LogP contribution < -0.4 is 0 Å². The van der Waals surface area contributed by atoms with Crippen LogP contribution in [0.4, 0.5) is 0 Å². The van der Waals surface area contributed by atoms with Crippen molar-refractivity contribution in [3.63, 3.8) is 0 Å². The highest BCUT2D eigenvalue weighted by Gasteiger charge is 2.19. The third-order valence-electron chi connectivity index (χ3n) is 8.20. The van der Waals surface area contributed by atoms with Crippen LogP contribution in [-0.4, -0.2) is 9.13 Å². The highest BCUT2D eigenvalue weighted by atomic mass is 15.0. The Hall–Kier alpha value is -5.34. The number of aromatic nitrogens is 2. The maximum atomic E-state index is 4.20. The molecule has 43 heavy (non-hydrogen) atoms. The second-order valence-corrected chi connectivity index (χ2v) is 10.7. The maximum absolute atomic E-state index is 4.20. The fraction of sp³-hybridized carbons (Fsp3) is 0.0732. The van der Waals surface area contributed by atoms with Gasteiger partial charge in [0.15, 0.2) is 0 Å². The highest BCUT2D eigenvalue weighted by Crippen LogP contribution is 2.40. The Morgan fingerprint density at radius 2 is 1.21 bits per heavy atom. The van der Waals surface area contributed by atoms with E-state index in [2.05, 4.69) is 151 Å². The molecular weight excluding hydrogens is 520 g/mol. The van der Waals surface area contributed by atoms with Crippen molar-refractivity contribution in [1.82, 2.24) is 9.13 Å². The van der Waals surface area contributed by atoms with Gasteiger partial charge in [0, 0.05) is 38.5 Å². The molecule has 0 aliphatic carbocycles. The molecule has 2 aromatic heterocycles. The Bertz CT molecular complexity index is 2190. The minimum Gasteiger partial charge on any atom is -0.313 e. The largest absolute Gasteiger partial charge is 0.313 e. The molecule has 0 saturated carbocycles. The Morgan fingerprint density at radius 3 is 1.91 bits per heavy atom. The van der Waals surface area contributed by atoms with Gasteiger partial charge >= 0.3 is 0 Å². The fourth-order valence-electron chi connectivity index (χ4n) is 6.18. The van der Waals surface area contributed by atoms with E-state index in [1.165, 1.54) is 49.2 Å². The van der Waals surface area contributed by atoms with Gasteiger partial charge in [-0.15, -0.1) is 0 Å². The molecule has 0 unspecified atom stereocenters. The predicted octanol–water partition coefficient (Wildman–Crippen LogP) is 11.4. The minimum atomic E-state index is 1.04. The van der Waals surface area contributed by atoms with Gasteiger partial charge in [-0.2, -0.15) is 0 Å². The lowest BCUT2D eigenvalue weighted by molar-refractivity contribution is 1.15. The second kappa shape index (κ2) is 11.9. The van der Waals surface area contributed by atoms with Crippen LogP contribution in [0.5, 0.6) is 0 Å². The Kier molecular flexibility index (Phi) is 7.68. The molecule has 0 N–H and O–H groups in total. The van der Waals surface area contributed by atoms with E-state index in [1.54, 1.807) is 0 Å². The number of hydrogen-bond acceptors (Lipinski definition) is 0. The zero-order valence-corrected chi connectivity index (χ0v) is 25.1. The number of fused-ring (bicyclic) bond motifs is 6. The van der Waals surface area contributed by atoms with E-state index >= 15 is 0 Å². The van der Waals surface area contributed by atoms with Crippen molar-refractivity contribution in [2.24, 2.45) is 0 Å². The summed E-state index contributed by atoms with van der Waals surface area (Å²) in [6.07, 6.45) is 10.0. The van der Waals surface area contributed by atoms with Crippen LogP contribution in [0.3, 0.4) is 0 Å². The molecular formula is C41H36N2. The van der Waals surface area contributed by atoms with Gasteiger partial charge in [0.1, 0.15) is 0 Å². The van der Waals surface area contributed by atoms with E-state index in [0.717, 1.165) is 22.5 Å². The van der Waals surface area contributed by atoms with E-state index < -0.39 is 0 Å². The number of allylic oxidation sites excluding steroid dienone is 8. The van der Waals surface area contributed by atoms with E-state index in [4.69, 9.17) is 0 Å². The SMILES string of the molecule is C=CC(=C/C=C\C)/C(C=C)=C(\C)n1c2ccccc2c2cc3c(cc21)c1ccccc1n3-c1ccccccccc1C. The average molecular weight is 557 g/mol. The third kappa shape index (κ3) is 4.81. The summed E-state index contributed by atoms with van der Waals surface area (Å²) < 4.78 is 4.80. The van der Waals surface area contributed by atoms with Crippen molar-refractivity contribution in [2.45, 2.75) is 20.8 Å². The topological polar surface area (TPSA) is 9.86 Å². The predicted molar refractivity (Wildman–Crippen MR) is 188 cm³/mol. The van der Waals surface area contributed by atoms with Crippen molar-refractivity contribution in [1.29, 1.82) is 0 Å². The molecule has 2 nitrogen and oxygen atoms in total. The van der Waals surface area contributed by atoms with Gasteiger partial charge in [-0.05, 0) is 62.2 Å². The van der Waals surface area contributed by atoms with Crippen molar-refractivity contribution < 1.29 is 0 Å². The molecule has 2 heterocycles. The number of benzene rings is 3. The standard InChI is InChI=1S/C41H36N2/c1-6-9-21-31(7-2)32(8-3)30(5)42-38-25-18-16-22-33(38)35-28-41-36(27-40(35)42)34-23-17-19-26-39(34)43(41)37-24-15-13-11-10-12-14-20-29(37)4/h6-28H,2-3H2,1,4-5H3/b9-6-,11-10?,12-10?,13-11?,14-12?,15-13?,20-14?,24-15?,29-20?,31-21-,32-30+,37-24?,37-29?. The number of aryl methyl sites for hydroxylation is 1. The normalized spacial score (nSPS) is 12.7. The van der Waals surface area contributed by atoms with Crippen LogP contribution >= 0.6 is 0 Å². The highest BCUT2D eigenvalue weighted by molar-refractivity contribution is 6.19. The van der Waals surface area contributed by atoms with Crippen LogP contribution in [0.2, 0.25) is 0 Å². The summed E-state index contributed by atoms with van der Waals surface area (Å²) in [6, 6.07) is 39.0. The molecule has 0 aliphatic rings. The summed E-state index contributed by atoms with van der Waals surface area (Å²) in [5, 5.41) is 4.88. The molecule has 6 rings (SSSR count). The minimum absolute atomic E-state index is 1.04. The van der Waals surface area contributed by atoms with Crippen molar-refractivity contribution in [3.8, 4) is 5.69 Å². The average Bonchev–Trinajstić information content (AvgIpc) is 3.53. The van der Waals surface area contributed by atoms with Crippen LogP contribution in [0, 0.1) is 6.92 Å². The molecule has 0 radical (unpaired) electrons. The number of nitrogens with zero attached hydrogens (tertiary/aromatic N) is 2. The first-order chi connectivity index (χ1) is 21.1. The second-order valence-electron chi connectivity index (χ2n) is 10.7. The van der Waals surface area contributed by atoms with Crippen molar-refractivity contribution >= 4 is 49.3 Å². The van der Waals surface area contributed by atoms with Crippen LogP contribution in [0.15, 0.2) is 164 Å². The lowest BCUT2D eigenvalue weighted by atomic mass is 10.0. The van der Waals surface area contributed by atoms with Gasteiger partial charge in [0.2, 0.25) is 0 Å². The third-order valence-corrected chi connectivity index (χ3v) is 8.20. The van der Waals surface area contributed by atoms with E-state index in [-0.39, 0.29) is 0 Å². The van der Waals surface area contributed by atoms with E-state index in [1.807, 2.05) is 31.2 Å². The zero-order valence-electron chi connectivity index (χ0n) is 25.1. The molecule has 0 aliphatic heterocycles. The summed E-state index contributed by atoms with van der Waals surface area (Å²) >= 11 is 0. The maximum Gasteiger partial charge on any atom is 0.0548 e. The lowest BCUT2D eigenvalue weighted by Gasteiger charge is -2.14. The molecule has 0 atom stereocenters. The molecule has 210 valence electrons. The van der Waals surface area contributed by atoms with Gasteiger partial charge in [0.05, 0.1) is 22.1 Å². The van der Waals surface area contributed by atoms with Crippen LogP contribution in [0.1, 0.15) is 19.4 Å². The fourth-order valence-corrected chi connectivity index (χ4v) is 6.18. The Balaban J connectivity index is 1.78. The van der Waals surface area contributed by atoms with Gasteiger partial charge in [-0.1, -0.05) is 122 Å². The summed E-state index contributed by atoms with van der Waals surface area (Å²) in [7, 11) is 0. The first kappa shape index (κ1) is 27.8. The smallest absolute Gasteiger partial charge is 0.0548 e. The van der Waals surface area contributed by atoms with Crippen LogP contribution in [0.25, 0.3) is 55.0 Å². The molecule has 6 aromatic rings. The molecule has 4 aromatic carbocycles. The van der Waals surface area contributed by atoms with Gasteiger partial charge in [-0.25, -0.2) is 0 Å². The summed E-state index contributed by atoms with van der Waals surface area (Å²) in [6.45, 7) is 14.7. The molecule has 2 heteroatoms. The molecule has 0 bridgehead atoms. The summed E-state index contributed by atoms with van der Waals surface area (Å²) in [4.78, 5) is 0. The molecule has 0 spiro atoms. The first-order valence-electron chi connectivity index (χ1n) is 14.7. The lowest BCUT2D eigenvalue weighted by Crippen LogP contribution is -1.99. The summed E-state index contributed by atoms with van der Waals surface area (Å²) in [5.41, 5.74) is 10.3. The van der Waals surface area contributed by atoms with E-state index in [9.17, 15) is 0 Å². The number of rotatable bonds is 6. The molecule has 0 fully saturated rings. The van der Waals surface area contributed by atoms with Crippen molar-refractivity contribution in [3.05, 3.63) is 169 Å². The monoisotopic (exact) mass is 556 g/mol. The number of hydrogen-bond donors (Lipinski definition) is 0. The first-order valence-corrected chi connectivity index (χ1v) is 14.7. The molecule has 0 saturated heterocycles.